The number of nitrogens with one attached hydrogen (secondary N) is 1. The maximum absolute atomic E-state index is 3.56. The highest BCUT2D eigenvalue weighted by Crippen LogP contribution is 2.37. The average Bonchev–Trinajstić information content (AvgIpc) is 3.12. The Morgan fingerprint density at radius 1 is 0.244 bits per heavy atom. The van der Waals surface area contributed by atoms with Crippen molar-refractivity contribution in [1.82, 2.24) is 0 Å². The number of hydrogen-bond acceptors (Lipinski definition) is 3. The lowest BCUT2D eigenvalue weighted by molar-refractivity contribution is 1.28. The van der Waals surface area contributed by atoms with Crippen LogP contribution in [0.15, 0.2) is 194 Å². The monoisotopic (exact) mass is 579 g/mol. The molecule has 3 nitrogen and oxygen atoms in total. The summed E-state index contributed by atoms with van der Waals surface area (Å²) >= 11 is 0. The van der Waals surface area contributed by atoms with Crippen LogP contribution in [0.5, 0.6) is 0 Å². The van der Waals surface area contributed by atoms with Crippen molar-refractivity contribution in [3.63, 3.8) is 0 Å². The van der Waals surface area contributed by atoms with Gasteiger partial charge in [-0.05, 0) is 108 Å². The summed E-state index contributed by atoms with van der Waals surface area (Å²) in [5, 5.41) is 3.56. The van der Waals surface area contributed by atoms with E-state index >= 15 is 0 Å². The molecular weight excluding hydrogens is 546 g/mol. The SMILES string of the molecule is c1ccc(N(c2ccccc2)c2ccc(Nc3ccc(-c4ccc(N(c5ccccc5)c5ccccc5)cc4)cc3)cc2)cc1. The Balaban J connectivity index is 1.07. The Morgan fingerprint density at radius 3 is 0.822 bits per heavy atom. The molecule has 0 unspecified atom stereocenters. The number of nitrogens with zero attached hydrogens (tertiary/aromatic N) is 2. The Labute approximate surface area is 265 Å². The molecule has 7 rings (SSSR count). The van der Waals surface area contributed by atoms with Crippen molar-refractivity contribution in [2.24, 2.45) is 0 Å². The molecule has 0 saturated carbocycles. The fourth-order valence-electron chi connectivity index (χ4n) is 5.61. The Morgan fingerprint density at radius 2 is 0.489 bits per heavy atom. The predicted molar refractivity (Wildman–Crippen MR) is 191 cm³/mol. The summed E-state index contributed by atoms with van der Waals surface area (Å²) in [5.74, 6) is 0. The second-order valence-electron chi connectivity index (χ2n) is 10.8. The minimum Gasteiger partial charge on any atom is -0.356 e. The number of rotatable bonds is 9. The number of anilines is 8. The van der Waals surface area contributed by atoms with E-state index in [4.69, 9.17) is 0 Å². The lowest BCUT2D eigenvalue weighted by atomic mass is 10.0. The third-order valence-electron chi connectivity index (χ3n) is 7.82. The van der Waals surface area contributed by atoms with Crippen LogP contribution in [0, 0.1) is 0 Å². The molecule has 0 aromatic heterocycles. The average molecular weight is 580 g/mol. The van der Waals surface area contributed by atoms with E-state index in [2.05, 4.69) is 197 Å². The molecule has 0 aliphatic heterocycles. The van der Waals surface area contributed by atoms with Crippen LogP contribution in [0.1, 0.15) is 0 Å². The fourth-order valence-corrected chi connectivity index (χ4v) is 5.61. The van der Waals surface area contributed by atoms with Gasteiger partial charge in [-0.2, -0.15) is 0 Å². The predicted octanol–water partition coefficient (Wildman–Crippen LogP) is 12.0. The first-order valence-electron chi connectivity index (χ1n) is 15.2. The molecule has 0 spiro atoms. The van der Waals surface area contributed by atoms with Crippen LogP contribution in [0.25, 0.3) is 11.1 Å². The Bertz CT molecular complexity index is 1840. The van der Waals surface area contributed by atoms with Gasteiger partial charge in [0.05, 0.1) is 0 Å². The van der Waals surface area contributed by atoms with Crippen LogP contribution >= 0.6 is 0 Å². The van der Waals surface area contributed by atoms with E-state index in [1.165, 1.54) is 11.1 Å². The van der Waals surface area contributed by atoms with E-state index in [-0.39, 0.29) is 0 Å². The number of para-hydroxylation sites is 4. The molecule has 0 aliphatic carbocycles. The topological polar surface area (TPSA) is 18.5 Å². The van der Waals surface area contributed by atoms with Crippen molar-refractivity contribution in [1.29, 1.82) is 0 Å². The van der Waals surface area contributed by atoms with Crippen molar-refractivity contribution in [2.75, 3.05) is 15.1 Å². The molecule has 7 aromatic carbocycles. The van der Waals surface area contributed by atoms with Gasteiger partial charge >= 0.3 is 0 Å². The zero-order valence-electron chi connectivity index (χ0n) is 24.9. The molecule has 45 heavy (non-hydrogen) atoms. The smallest absolute Gasteiger partial charge is 0.0463 e. The minimum absolute atomic E-state index is 1.04. The molecule has 0 radical (unpaired) electrons. The van der Waals surface area contributed by atoms with Crippen LogP contribution in [0.3, 0.4) is 0 Å². The normalized spacial score (nSPS) is 10.7. The molecule has 3 heteroatoms. The van der Waals surface area contributed by atoms with Gasteiger partial charge in [0.2, 0.25) is 0 Å². The third kappa shape index (κ3) is 6.34. The molecule has 0 bridgehead atoms. The molecule has 0 aliphatic rings. The summed E-state index contributed by atoms with van der Waals surface area (Å²) in [4.78, 5) is 4.55. The van der Waals surface area contributed by atoms with Gasteiger partial charge in [-0.1, -0.05) is 97.1 Å². The molecule has 7 aromatic rings. The largest absolute Gasteiger partial charge is 0.356 e. The molecule has 1 N–H and O–H groups in total. The van der Waals surface area contributed by atoms with Crippen molar-refractivity contribution in [3.8, 4) is 11.1 Å². The summed E-state index contributed by atoms with van der Waals surface area (Å²) in [7, 11) is 0. The lowest BCUT2D eigenvalue weighted by Crippen LogP contribution is -2.09. The highest BCUT2D eigenvalue weighted by Gasteiger charge is 2.13. The van der Waals surface area contributed by atoms with Gasteiger partial charge in [0.25, 0.3) is 0 Å². The highest BCUT2D eigenvalue weighted by molar-refractivity contribution is 5.80. The second kappa shape index (κ2) is 13.1. The van der Waals surface area contributed by atoms with Crippen LogP contribution < -0.4 is 15.1 Å². The van der Waals surface area contributed by atoms with Crippen LogP contribution in [0.2, 0.25) is 0 Å². The molecule has 0 amide bonds. The summed E-state index contributed by atoms with van der Waals surface area (Å²) in [6, 6.07) is 67.9. The fraction of sp³-hybridized carbons (Fsp3) is 0. The Kier molecular flexibility index (Phi) is 8.06. The van der Waals surface area contributed by atoms with Gasteiger partial charge < -0.3 is 15.1 Å². The van der Waals surface area contributed by atoms with Gasteiger partial charge in [0.1, 0.15) is 0 Å². The standard InChI is InChI=1S/C42H33N3/c1-5-13-37(14-6-1)44(38-15-7-2-8-16-38)41-29-23-34(24-30-41)33-21-25-35(26-22-33)43-36-27-31-42(32-28-36)45(39-17-9-3-10-18-39)40-19-11-4-12-20-40/h1-32,43H. The van der Waals surface area contributed by atoms with Crippen LogP contribution in [-0.2, 0) is 0 Å². The Hall–Kier alpha value is -6.06. The zero-order chi connectivity index (χ0) is 30.3. The first-order valence-corrected chi connectivity index (χ1v) is 15.2. The molecule has 216 valence electrons. The van der Waals surface area contributed by atoms with Crippen molar-refractivity contribution >= 4 is 45.5 Å². The third-order valence-corrected chi connectivity index (χ3v) is 7.82. The van der Waals surface area contributed by atoms with E-state index < -0.39 is 0 Å². The van der Waals surface area contributed by atoms with E-state index in [0.29, 0.717) is 0 Å². The van der Waals surface area contributed by atoms with Gasteiger partial charge in [0.15, 0.2) is 0 Å². The number of benzene rings is 7. The minimum atomic E-state index is 1.04. The first kappa shape index (κ1) is 27.8. The molecule has 0 saturated heterocycles. The van der Waals surface area contributed by atoms with Crippen molar-refractivity contribution in [3.05, 3.63) is 194 Å². The molecule has 0 heterocycles. The maximum Gasteiger partial charge on any atom is 0.0463 e. The van der Waals surface area contributed by atoms with Crippen LogP contribution in [0.4, 0.5) is 45.5 Å². The molecule has 0 fully saturated rings. The summed E-state index contributed by atoms with van der Waals surface area (Å²) in [5.41, 5.74) is 11.2. The van der Waals surface area contributed by atoms with Crippen molar-refractivity contribution < 1.29 is 0 Å². The molecule has 0 atom stereocenters. The van der Waals surface area contributed by atoms with E-state index in [1.54, 1.807) is 0 Å². The van der Waals surface area contributed by atoms with Gasteiger partial charge in [0, 0.05) is 45.5 Å². The van der Waals surface area contributed by atoms with E-state index in [9.17, 15) is 0 Å². The van der Waals surface area contributed by atoms with Crippen molar-refractivity contribution in [2.45, 2.75) is 0 Å². The zero-order valence-corrected chi connectivity index (χ0v) is 24.9. The van der Waals surface area contributed by atoms with E-state index in [0.717, 1.165) is 45.5 Å². The van der Waals surface area contributed by atoms with Crippen LogP contribution in [-0.4, -0.2) is 0 Å². The second-order valence-corrected chi connectivity index (χ2v) is 10.8. The van der Waals surface area contributed by atoms with Gasteiger partial charge in [-0.15, -0.1) is 0 Å². The van der Waals surface area contributed by atoms with Gasteiger partial charge in [-0.3, -0.25) is 0 Å². The summed E-state index contributed by atoms with van der Waals surface area (Å²) in [6.45, 7) is 0. The first-order chi connectivity index (χ1) is 22.3. The molecular formula is C42H33N3. The quantitative estimate of drug-likeness (QED) is 0.183. The summed E-state index contributed by atoms with van der Waals surface area (Å²) < 4.78 is 0. The lowest BCUT2D eigenvalue weighted by Gasteiger charge is -2.25. The highest BCUT2D eigenvalue weighted by atomic mass is 15.1. The number of hydrogen-bond donors (Lipinski definition) is 1. The maximum atomic E-state index is 3.56. The van der Waals surface area contributed by atoms with Gasteiger partial charge in [-0.25, -0.2) is 0 Å². The van der Waals surface area contributed by atoms with E-state index in [1.807, 2.05) is 12.1 Å². The summed E-state index contributed by atoms with van der Waals surface area (Å²) in [6.07, 6.45) is 0.